The van der Waals surface area contributed by atoms with Crippen LogP contribution in [0, 0.1) is 24.2 Å². The molecule has 0 atom stereocenters. The van der Waals surface area contributed by atoms with Gasteiger partial charge >= 0.3 is 0 Å². The lowest BCUT2D eigenvalue weighted by Crippen LogP contribution is -2.16. The highest BCUT2D eigenvalue weighted by molar-refractivity contribution is 5.86. The van der Waals surface area contributed by atoms with Crippen molar-refractivity contribution in [1.82, 2.24) is 0 Å². The van der Waals surface area contributed by atoms with E-state index in [4.69, 9.17) is 0 Å². The highest BCUT2D eigenvalue weighted by Gasteiger charge is 2.37. The van der Waals surface area contributed by atoms with E-state index >= 15 is 0 Å². The molecule has 0 aromatic heterocycles. The number of benzene rings is 1. The molecule has 26 heavy (non-hydrogen) atoms. The average Bonchev–Trinajstić information content (AvgIpc) is 2.65. The van der Waals surface area contributed by atoms with E-state index in [-0.39, 0.29) is 5.41 Å². The van der Waals surface area contributed by atoms with E-state index in [0.717, 1.165) is 24.0 Å². The Labute approximate surface area is 161 Å². The van der Waals surface area contributed by atoms with E-state index in [2.05, 4.69) is 75.3 Å². The lowest BCUT2D eigenvalue weighted by Gasteiger charge is -2.30. The van der Waals surface area contributed by atoms with Gasteiger partial charge in [-0.1, -0.05) is 53.2 Å². The van der Waals surface area contributed by atoms with Crippen molar-refractivity contribution >= 4 is 5.57 Å². The molecular weight excluding hydrogens is 316 g/mol. The van der Waals surface area contributed by atoms with Crippen molar-refractivity contribution in [2.45, 2.75) is 82.1 Å². The summed E-state index contributed by atoms with van der Waals surface area (Å²) in [7, 11) is 0. The van der Waals surface area contributed by atoms with Crippen LogP contribution in [0.4, 0.5) is 0 Å². The second kappa shape index (κ2) is 7.25. The molecule has 0 amide bonds. The maximum absolute atomic E-state index is 11.2. The summed E-state index contributed by atoms with van der Waals surface area (Å²) in [6, 6.07) is 2.23. The van der Waals surface area contributed by atoms with Gasteiger partial charge in [-0.15, -0.1) is 0 Å². The third kappa shape index (κ3) is 3.50. The van der Waals surface area contributed by atoms with Crippen LogP contribution in [0.5, 0.6) is 5.75 Å². The van der Waals surface area contributed by atoms with Gasteiger partial charge in [0, 0.05) is 11.0 Å². The summed E-state index contributed by atoms with van der Waals surface area (Å²) in [4.78, 5) is 0. The van der Waals surface area contributed by atoms with Gasteiger partial charge in [0.25, 0.3) is 0 Å². The van der Waals surface area contributed by atoms with Gasteiger partial charge in [0.15, 0.2) is 0 Å². The smallest absolute Gasteiger partial charge is 0.122 e. The molecule has 1 N–H and O–H groups in total. The van der Waals surface area contributed by atoms with Gasteiger partial charge in [0.2, 0.25) is 0 Å². The Morgan fingerprint density at radius 1 is 0.885 bits per heavy atom. The van der Waals surface area contributed by atoms with Gasteiger partial charge in [0.1, 0.15) is 5.75 Å². The zero-order chi connectivity index (χ0) is 20.0. The minimum Gasteiger partial charge on any atom is -0.507 e. The summed E-state index contributed by atoms with van der Waals surface area (Å²) in [5.74, 6) is 1.58. The zero-order valence-electron chi connectivity index (χ0n) is 18.6. The molecule has 0 unspecified atom stereocenters. The number of phenolic OH excluding ortho intramolecular Hbond substituents is 1. The van der Waals surface area contributed by atoms with Crippen molar-refractivity contribution in [2.75, 3.05) is 0 Å². The molecule has 1 nitrogen and oxygen atoms in total. The summed E-state index contributed by atoms with van der Waals surface area (Å²) in [5, 5.41) is 11.2. The van der Waals surface area contributed by atoms with E-state index < -0.39 is 0 Å². The van der Waals surface area contributed by atoms with Crippen molar-refractivity contribution in [3.05, 3.63) is 45.0 Å². The van der Waals surface area contributed by atoms with Gasteiger partial charge in [-0.05, 0) is 85.8 Å². The molecule has 1 aromatic carbocycles. The second-order valence-corrected chi connectivity index (χ2v) is 9.63. The first kappa shape index (κ1) is 20.8. The van der Waals surface area contributed by atoms with Crippen LogP contribution >= 0.6 is 0 Å². The molecule has 1 heteroatoms. The zero-order valence-corrected chi connectivity index (χ0v) is 18.6. The fourth-order valence-corrected chi connectivity index (χ4v) is 4.60. The Kier molecular flexibility index (Phi) is 5.80. The van der Waals surface area contributed by atoms with Crippen molar-refractivity contribution in [3.8, 4) is 5.75 Å². The van der Waals surface area contributed by atoms with Crippen molar-refractivity contribution in [3.63, 3.8) is 0 Å². The molecule has 0 radical (unpaired) electrons. The van der Waals surface area contributed by atoms with E-state index in [9.17, 15) is 5.11 Å². The minimum absolute atomic E-state index is 0.0106. The minimum atomic E-state index is 0.0106. The van der Waals surface area contributed by atoms with E-state index in [0.29, 0.717) is 17.6 Å². The molecule has 0 spiro atoms. The molecule has 0 bridgehead atoms. The molecule has 0 heterocycles. The Balaban J connectivity index is 2.79. The third-order valence-corrected chi connectivity index (χ3v) is 6.23. The molecule has 1 aliphatic carbocycles. The lowest BCUT2D eigenvalue weighted by atomic mass is 9.74. The van der Waals surface area contributed by atoms with E-state index in [1.807, 2.05) is 0 Å². The second-order valence-electron chi connectivity index (χ2n) is 9.63. The van der Waals surface area contributed by atoms with Gasteiger partial charge in [-0.3, -0.25) is 0 Å². The summed E-state index contributed by atoms with van der Waals surface area (Å²) in [6.07, 6.45) is 1.84. The number of aryl methyl sites for hydroxylation is 1. The van der Waals surface area contributed by atoms with Gasteiger partial charge < -0.3 is 5.11 Å². The number of hydrogen-bond donors (Lipinski definition) is 1. The number of phenols is 1. The Hall–Kier alpha value is -1.50. The van der Waals surface area contributed by atoms with Crippen molar-refractivity contribution in [2.24, 2.45) is 17.3 Å². The fraction of sp³-hybridized carbons (Fsp3) is 0.600. The van der Waals surface area contributed by atoms with Gasteiger partial charge in [0.05, 0.1) is 0 Å². The van der Waals surface area contributed by atoms with Crippen LogP contribution < -0.4 is 0 Å². The molecule has 144 valence electrons. The standard InChI is InChI=1S/C25H38O/c1-14(2)11-20-13-16(5)22(21(24(20)26)12-15(3)4)23-18(7)17(6)19(8)25(23,9)10/h13-15,26H,11-12H2,1-10H3. The highest BCUT2D eigenvalue weighted by Crippen LogP contribution is 2.53. The maximum Gasteiger partial charge on any atom is 0.122 e. The quantitative estimate of drug-likeness (QED) is 0.590. The van der Waals surface area contributed by atoms with Crippen LogP contribution in [0.25, 0.3) is 5.57 Å². The number of allylic oxidation sites excluding steroid dienone is 4. The highest BCUT2D eigenvalue weighted by atomic mass is 16.3. The maximum atomic E-state index is 11.2. The summed E-state index contributed by atoms with van der Waals surface area (Å²) < 4.78 is 0. The normalized spacial score (nSPS) is 17.2. The lowest BCUT2D eigenvalue weighted by molar-refractivity contribution is 0.449. The number of aromatic hydroxyl groups is 1. The van der Waals surface area contributed by atoms with Crippen LogP contribution in [0.15, 0.2) is 22.8 Å². The van der Waals surface area contributed by atoms with Crippen LogP contribution in [-0.4, -0.2) is 5.11 Å². The van der Waals surface area contributed by atoms with Gasteiger partial charge in [-0.2, -0.15) is 0 Å². The van der Waals surface area contributed by atoms with E-state index in [1.54, 1.807) is 0 Å². The SMILES string of the molecule is CC1=C(C)C(C)(C)C(c2c(C)cc(CC(C)C)c(O)c2CC(C)C)=C1C. The van der Waals surface area contributed by atoms with Crippen LogP contribution in [0.2, 0.25) is 0 Å². The van der Waals surface area contributed by atoms with Crippen molar-refractivity contribution < 1.29 is 5.11 Å². The molecule has 2 rings (SSSR count). The first-order valence-corrected chi connectivity index (χ1v) is 10.1. The Morgan fingerprint density at radius 3 is 1.85 bits per heavy atom. The first-order valence-electron chi connectivity index (χ1n) is 10.1. The molecule has 0 saturated carbocycles. The summed E-state index contributed by atoms with van der Waals surface area (Å²) in [6.45, 7) is 22.5. The largest absolute Gasteiger partial charge is 0.507 e. The molecule has 0 fully saturated rings. The number of rotatable bonds is 5. The fourth-order valence-electron chi connectivity index (χ4n) is 4.60. The summed E-state index contributed by atoms with van der Waals surface area (Å²) in [5.41, 5.74) is 10.5. The Morgan fingerprint density at radius 2 is 1.42 bits per heavy atom. The topological polar surface area (TPSA) is 20.2 Å². The molecular formula is C25H38O. The first-order chi connectivity index (χ1) is 11.9. The predicted molar refractivity (Wildman–Crippen MR) is 115 cm³/mol. The predicted octanol–water partition coefficient (Wildman–Crippen LogP) is 7.25. The summed E-state index contributed by atoms with van der Waals surface area (Å²) >= 11 is 0. The Bertz CT molecular complexity index is 770. The average molecular weight is 355 g/mol. The van der Waals surface area contributed by atoms with Crippen molar-refractivity contribution in [1.29, 1.82) is 0 Å². The third-order valence-electron chi connectivity index (χ3n) is 6.23. The van der Waals surface area contributed by atoms with Crippen LogP contribution in [0.3, 0.4) is 0 Å². The van der Waals surface area contributed by atoms with Gasteiger partial charge in [-0.25, -0.2) is 0 Å². The van der Waals surface area contributed by atoms with E-state index in [1.165, 1.54) is 33.4 Å². The molecule has 0 aliphatic heterocycles. The number of hydrogen-bond acceptors (Lipinski definition) is 1. The van der Waals surface area contributed by atoms with Crippen LogP contribution in [0.1, 0.15) is 84.6 Å². The molecule has 1 aromatic rings. The molecule has 1 aliphatic rings. The molecule has 0 saturated heterocycles. The van der Waals surface area contributed by atoms with Crippen LogP contribution in [-0.2, 0) is 12.8 Å². The monoisotopic (exact) mass is 354 g/mol.